The maximum absolute atomic E-state index is 9.99. The number of rotatable bonds is 28. The summed E-state index contributed by atoms with van der Waals surface area (Å²) in [6, 6.07) is -1.06. The molecule has 7 heteroatoms. The summed E-state index contributed by atoms with van der Waals surface area (Å²) in [6.45, 7) is 5.29. The number of aliphatic carboxylic acids is 2. The van der Waals surface area contributed by atoms with Crippen LogP contribution < -0.4 is 5.73 Å². The zero-order valence-electron chi connectivity index (χ0n) is 26.6. The summed E-state index contributed by atoms with van der Waals surface area (Å²) in [5, 5.41) is 33.5. The maximum atomic E-state index is 9.99. The van der Waals surface area contributed by atoms with Crippen molar-refractivity contribution in [2.45, 2.75) is 187 Å². The van der Waals surface area contributed by atoms with Gasteiger partial charge in [-0.2, -0.15) is 0 Å². The van der Waals surface area contributed by atoms with E-state index >= 15 is 0 Å². The molecule has 1 unspecified atom stereocenters. The summed E-state index contributed by atoms with van der Waals surface area (Å²) in [5.74, 6) is -2.20. The Morgan fingerprint density at radius 3 is 0.950 bits per heavy atom. The molecule has 0 fully saturated rings. The van der Waals surface area contributed by atoms with E-state index in [1.165, 1.54) is 141 Å². The molecule has 1 atom stereocenters. The number of hydrogen-bond donors (Lipinski definition) is 5. The normalized spacial score (nSPS) is 11.2. The van der Waals surface area contributed by atoms with Gasteiger partial charge in [0.15, 0.2) is 0 Å². The van der Waals surface area contributed by atoms with Gasteiger partial charge in [0.25, 0.3) is 0 Å². The highest BCUT2D eigenvalue weighted by Crippen LogP contribution is 2.12. The Bertz CT molecular complexity index is 440. The fraction of sp³-hybridized carbons (Fsp3) is 0.939. The monoisotopic (exact) mass is 576 g/mol. The largest absolute Gasteiger partial charge is 0.481 e. The van der Waals surface area contributed by atoms with Crippen molar-refractivity contribution >= 4 is 11.9 Å². The van der Waals surface area contributed by atoms with Crippen molar-refractivity contribution in [1.29, 1.82) is 0 Å². The minimum absolute atomic E-state index is 0.0231. The second-order valence-electron chi connectivity index (χ2n) is 11.1. The van der Waals surface area contributed by atoms with Crippen LogP contribution in [0.2, 0.25) is 0 Å². The van der Waals surface area contributed by atoms with Crippen LogP contribution in [0, 0.1) is 0 Å². The van der Waals surface area contributed by atoms with E-state index in [2.05, 4.69) is 13.8 Å². The Labute approximate surface area is 247 Å². The first kappa shape index (κ1) is 43.3. The van der Waals surface area contributed by atoms with E-state index in [-0.39, 0.29) is 12.8 Å². The van der Waals surface area contributed by atoms with Crippen LogP contribution in [-0.2, 0) is 9.59 Å². The van der Waals surface area contributed by atoms with Gasteiger partial charge in [-0.25, -0.2) is 0 Å². The quantitative estimate of drug-likeness (QED) is 0.0588. The van der Waals surface area contributed by atoms with E-state index in [1.54, 1.807) is 0 Å². The number of nitrogens with two attached hydrogens (primary N) is 1. The molecule has 242 valence electrons. The number of carbonyl (C=O) groups is 2. The summed E-state index contributed by atoms with van der Waals surface area (Å²) < 4.78 is 0. The number of carboxylic acid groups (broad SMARTS) is 2. The van der Waals surface area contributed by atoms with Gasteiger partial charge in [0.05, 0.1) is 0 Å². The zero-order valence-corrected chi connectivity index (χ0v) is 26.6. The van der Waals surface area contributed by atoms with Crippen LogP contribution in [0.25, 0.3) is 0 Å². The maximum Gasteiger partial charge on any atom is 0.320 e. The lowest BCUT2D eigenvalue weighted by Gasteiger charge is -2.01. The SMILES string of the molecule is CCCCCCCCCCCCCCO.CCCCCCCCCCCCCCO.NC(CCC(=O)O)C(=O)O. The van der Waals surface area contributed by atoms with Gasteiger partial charge in [-0.15, -0.1) is 0 Å². The highest BCUT2D eigenvalue weighted by molar-refractivity contribution is 5.74. The average Bonchev–Trinajstić information content (AvgIpc) is 2.94. The highest BCUT2D eigenvalue weighted by Gasteiger charge is 2.12. The van der Waals surface area contributed by atoms with Crippen LogP contribution in [0.1, 0.15) is 181 Å². The van der Waals surface area contributed by atoms with Crippen LogP contribution in [-0.4, -0.2) is 51.6 Å². The van der Waals surface area contributed by atoms with E-state index in [1.807, 2.05) is 0 Å². The van der Waals surface area contributed by atoms with Gasteiger partial charge in [0, 0.05) is 19.6 Å². The van der Waals surface area contributed by atoms with Crippen molar-refractivity contribution in [3.8, 4) is 0 Å². The van der Waals surface area contributed by atoms with Crippen molar-refractivity contribution < 1.29 is 30.0 Å². The number of hydrogen-bond acceptors (Lipinski definition) is 5. The minimum Gasteiger partial charge on any atom is -0.481 e. The Balaban J connectivity index is -0.000000525. The highest BCUT2D eigenvalue weighted by atomic mass is 16.4. The molecule has 0 saturated carbocycles. The second-order valence-corrected chi connectivity index (χ2v) is 11.1. The smallest absolute Gasteiger partial charge is 0.320 e. The third-order valence-corrected chi connectivity index (χ3v) is 7.01. The molecule has 6 N–H and O–H groups in total. The molecule has 0 saturated heterocycles. The first-order valence-electron chi connectivity index (χ1n) is 16.8. The molecule has 0 aromatic carbocycles. The zero-order chi connectivity index (χ0) is 30.5. The molecule has 0 aliphatic heterocycles. The third kappa shape index (κ3) is 46.7. The topological polar surface area (TPSA) is 141 Å². The van der Waals surface area contributed by atoms with Gasteiger partial charge in [-0.3, -0.25) is 9.59 Å². The molecule has 0 aromatic rings. The van der Waals surface area contributed by atoms with Crippen molar-refractivity contribution in [1.82, 2.24) is 0 Å². The molecule has 0 heterocycles. The first-order valence-corrected chi connectivity index (χ1v) is 16.8. The number of aliphatic hydroxyl groups excluding tert-OH is 2. The molecule has 0 aliphatic rings. The average molecular weight is 576 g/mol. The van der Waals surface area contributed by atoms with Crippen LogP contribution in [0.4, 0.5) is 0 Å². The molecule has 0 spiro atoms. The summed E-state index contributed by atoms with van der Waals surface area (Å²) in [7, 11) is 0. The van der Waals surface area contributed by atoms with E-state index in [0.29, 0.717) is 13.2 Å². The molecule has 0 rings (SSSR count). The van der Waals surface area contributed by atoms with Crippen molar-refractivity contribution in [3.63, 3.8) is 0 Å². The fourth-order valence-electron chi connectivity index (χ4n) is 4.31. The van der Waals surface area contributed by atoms with Crippen LogP contribution in [0.5, 0.6) is 0 Å². The lowest BCUT2D eigenvalue weighted by atomic mass is 10.1. The molecular weight excluding hydrogens is 506 g/mol. The van der Waals surface area contributed by atoms with E-state index in [0.717, 1.165) is 12.8 Å². The standard InChI is InChI=1S/2C14H30O.C5H9NO4/c2*1-2-3-4-5-6-7-8-9-10-11-12-13-14-15;6-3(5(9)10)1-2-4(7)8/h2*15H,2-14H2,1H3;3H,1-2,6H2,(H,7,8)(H,9,10). The Kier molecular flexibility index (Phi) is 43.2. The number of carboxylic acids is 2. The minimum atomic E-state index is -1.17. The molecule has 40 heavy (non-hydrogen) atoms. The Morgan fingerprint density at radius 2 is 0.750 bits per heavy atom. The predicted octanol–water partition coefficient (Wildman–Crippen LogP) is 8.62. The van der Waals surface area contributed by atoms with Gasteiger partial charge in [0.1, 0.15) is 6.04 Å². The second kappa shape index (κ2) is 40.0. The van der Waals surface area contributed by atoms with Gasteiger partial charge < -0.3 is 26.2 Å². The molecule has 7 nitrogen and oxygen atoms in total. The van der Waals surface area contributed by atoms with Crippen LogP contribution in [0.15, 0.2) is 0 Å². The Hall–Kier alpha value is -1.18. The fourth-order valence-corrected chi connectivity index (χ4v) is 4.31. The third-order valence-electron chi connectivity index (χ3n) is 7.01. The van der Waals surface area contributed by atoms with Gasteiger partial charge in [0.2, 0.25) is 0 Å². The number of aliphatic hydroxyl groups is 2. The van der Waals surface area contributed by atoms with Gasteiger partial charge in [-0.1, -0.05) is 155 Å². The lowest BCUT2D eigenvalue weighted by Crippen LogP contribution is -2.30. The van der Waals surface area contributed by atoms with Crippen LogP contribution >= 0.6 is 0 Å². The summed E-state index contributed by atoms with van der Waals surface area (Å²) in [6.07, 6.45) is 32.3. The van der Waals surface area contributed by atoms with E-state index in [4.69, 9.17) is 26.2 Å². The Morgan fingerprint density at radius 1 is 0.500 bits per heavy atom. The molecule has 0 bridgehead atoms. The van der Waals surface area contributed by atoms with Crippen molar-refractivity contribution in [2.24, 2.45) is 5.73 Å². The first-order chi connectivity index (χ1) is 19.4. The van der Waals surface area contributed by atoms with Crippen molar-refractivity contribution in [3.05, 3.63) is 0 Å². The van der Waals surface area contributed by atoms with Crippen molar-refractivity contribution in [2.75, 3.05) is 13.2 Å². The summed E-state index contributed by atoms with van der Waals surface area (Å²) in [4.78, 5) is 19.9. The molecular formula is C33H69NO6. The van der Waals surface area contributed by atoms with E-state index < -0.39 is 18.0 Å². The molecule has 0 aliphatic carbocycles. The lowest BCUT2D eigenvalue weighted by molar-refractivity contribution is -0.139. The molecule has 0 radical (unpaired) electrons. The predicted molar refractivity (Wildman–Crippen MR) is 169 cm³/mol. The van der Waals surface area contributed by atoms with Gasteiger partial charge >= 0.3 is 11.9 Å². The summed E-state index contributed by atoms with van der Waals surface area (Å²) in [5.41, 5.74) is 5.00. The number of unbranched alkanes of at least 4 members (excludes halogenated alkanes) is 22. The summed E-state index contributed by atoms with van der Waals surface area (Å²) >= 11 is 0. The van der Waals surface area contributed by atoms with Gasteiger partial charge in [-0.05, 0) is 19.3 Å². The van der Waals surface area contributed by atoms with E-state index in [9.17, 15) is 9.59 Å². The molecule has 0 aromatic heterocycles. The van der Waals surface area contributed by atoms with Crippen LogP contribution in [0.3, 0.4) is 0 Å². The molecule has 0 amide bonds.